The fourth-order valence-corrected chi connectivity index (χ4v) is 10.0. The number of ether oxygens (including phenoxy) is 1. The quantitative estimate of drug-likeness (QED) is 0.305. The summed E-state index contributed by atoms with van der Waals surface area (Å²) < 4.78 is 5.57. The predicted molar refractivity (Wildman–Crippen MR) is 181 cm³/mol. The van der Waals surface area contributed by atoms with Gasteiger partial charge in [-0.1, -0.05) is 45.0 Å². The number of aryl methyl sites for hydroxylation is 2. The van der Waals surface area contributed by atoms with Gasteiger partial charge in [-0.3, -0.25) is 14.5 Å². The first-order valence-corrected chi connectivity index (χ1v) is 17.8. The first kappa shape index (κ1) is 33.1. The third kappa shape index (κ3) is 6.24. The van der Waals surface area contributed by atoms with Gasteiger partial charge in [0.1, 0.15) is 13.2 Å². The SMILES string of the molecule is CO/N=C1\C[C@@H](CCC(=O)Nc2ncc(C)s2)C2C3CCc4cc(C(C(=O)O)N5CCOCC5)c(C(C)(C)C)cc4C3CC[C@]12C. The predicted octanol–water partition coefficient (Wildman–Crippen LogP) is 6.71. The molecular weight excluding hydrogens is 600 g/mol. The zero-order valence-electron chi connectivity index (χ0n) is 28.2. The van der Waals surface area contributed by atoms with E-state index in [2.05, 4.69) is 60.2 Å². The fourth-order valence-electron chi connectivity index (χ4n) is 9.35. The van der Waals surface area contributed by atoms with Crippen LogP contribution in [0.5, 0.6) is 0 Å². The van der Waals surface area contributed by atoms with Crippen molar-refractivity contribution in [3.05, 3.63) is 45.5 Å². The van der Waals surface area contributed by atoms with E-state index in [4.69, 9.17) is 9.57 Å². The number of nitrogens with one attached hydrogen (secondary N) is 1. The highest BCUT2D eigenvalue weighted by atomic mass is 32.1. The molecule has 4 aliphatic rings. The summed E-state index contributed by atoms with van der Waals surface area (Å²) in [5.74, 6) is 0.850. The number of aliphatic carboxylic acids is 1. The Labute approximate surface area is 277 Å². The van der Waals surface area contributed by atoms with E-state index in [1.807, 2.05) is 6.92 Å². The minimum Gasteiger partial charge on any atom is -0.480 e. The smallest absolute Gasteiger partial charge is 0.325 e. The van der Waals surface area contributed by atoms with Gasteiger partial charge in [-0.25, -0.2) is 4.98 Å². The van der Waals surface area contributed by atoms with Gasteiger partial charge in [0, 0.05) is 36.0 Å². The maximum absolute atomic E-state index is 13.0. The van der Waals surface area contributed by atoms with Crippen molar-refractivity contribution in [2.45, 2.75) is 96.9 Å². The molecule has 1 aromatic carbocycles. The largest absolute Gasteiger partial charge is 0.480 e. The van der Waals surface area contributed by atoms with Gasteiger partial charge in [-0.2, -0.15) is 0 Å². The Morgan fingerprint density at radius 1 is 1.26 bits per heavy atom. The second-order valence-electron chi connectivity index (χ2n) is 15.1. The number of carbonyl (C=O) groups is 2. The number of hydrogen-bond acceptors (Lipinski definition) is 8. The molecule has 2 heterocycles. The lowest BCUT2D eigenvalue weighted by molar-refractivity contribution is -0.145. The molecule has 2 saturated carbocycles. The van der Waals surface area contributed by atoms with Gasteiger partial charge in [-0.05, 0) is 96.8 Å². The molecule has 1 aliphatic heterocycles. The number of aromatic nitrogens is 1. The summed E-state index contributed by atoms with van der Waals surface area (Å²) in [5, 5.41) is 18.8. The highest BCUT2D eigenvalue weighted by Gasteiger charge is 2.58. The van der Waals surface area contributed by atoms with Crippen molar-refractivity contribution in [1.82, 2.24) is 9.88 Å². The van der Waals surface area contributed by atoms with E-state index in [1.165, 1.54) is 22.5 Å². The number of carboxylic acid groups (broad SMARTS) is 1. The Hall–Kier alpha value is -2.82. The lowest BCUT2D eigenvalue weighted by Crippen LogP contribution is -2.45. The molecule has 1 amide bonds. The van der Waals surface area contributed by atoms with Crippen molar-refractivity contribution < 1.29 is 24.3 Å². The second-order valence-corrected chi connectivity index (χ2v) is 16.4. The van der Waals surface area contributed by atoms with Gasteiger partial charge in [-0.15, -0.1) is 11.3 Å². The van der Waals surface area contributed by atoms with Crippen LogP contribution >= 0.6 is 11.3 Å². The number of thiazole rings is 1. The van der Waals surface area contributed by atoms with Crippen LogP contribution in [-0.2, 0) is 31.0 Å². The molecule has 2 N–H and O–H groups in total. The monoisotopic (exact) mass is 650 g/mol. The van der Waals surface area contributed by atoms with E-state index in [-0.39, 0.29) is 16.7 Å². The number of fused-ring (bicyclic) bond motifs is 5. The lowest BCUT2D eigenvalue weighted by atomic mass is 9.53. The van der Waals surface area contributed by atoms with E-state index >= 15 is 0 Å². The van der Waals surface area contributed by atoms with E-state index < -0.39 is 12.0 Å². The van der Waals surface area contributed by atoms with E-state index in [0.717, 1.165) is 60.2 Å². The van der Waals surface area contributed by atoms with Gasteiger partial charge < -0.3 is 20.0 Å². The number of carbonyl (C=O) groups excluding carboxylic acids is 1. The number of nitrogens with zero attached hydrogens (tertiary/aromatic N) is 3. The number of morpholine rings is 1. The second kappa shape index (κ2) is 13.0. The molecule has 6 rings (SSSR count). The number of hydrogen-bond donors (Lipinski definition) is 2. The first-order valence-electron chi connectivity index (χ1n) is 16.9. The zero-order chi connectivity index (χ0) is 32.8. The third-order valence-electron chi connectivity index (χ3n) is 11.3. The van der Waals surface area contributed by atoms with Crippen molar-refractivity contribution in [3.63, 3.8) is 0 Å². The Morgan fingerprint density at radius 2 is 2.02 bits per heavy atom. The summed E-state index contributed by atoms with van der Waals surface area (Å²) in [6.45, 7) is 13.3. The van der Waals surface area contributed by atoms with Gasteiger partial charge in [0.25, 0.3) is 0 Å². The molecule has 2 aromatic rings. The minimum atomic E-state index is -0.790. The number of amides is 1. The molecule has 46 heavy (non-hydrogen) atoms. The Kier molecular flexibility index (Phi) is 9.35. The van der Waals surface area contributed by atoms with Gasteiger partial charge in [0.2, 0.25) is 5.91 Å². The van der Waals surface area contributed by atoms with Crippen molar-refractivity contribution >= 4 is 34.1 Å². The molecule has 6 atom stereocenters. The maximum atomic E-state index is 13.0. The van der Waals surface area contributed by atoms with Crippen molar-refractivity contribution in [1.29, 1.82) is 0 Å². The minimum absolute atomic E-state index is 0.0186. The van der Waals surface area contributed by atoms with Gasteiger partial charge in [0.05, 0.1) is 18.9 Å². The van der Waals surface area contributed by atoms with Crippen LogP contribution in [-0.4, -0.2) is 66.0 Å². The summed E-state index contributed by atoms with van der Waals surface area (Å²) in [4.78, 5) is 38.7. The summed E-state index contributed by atoms with van der Waals surface area (Å²) in [6.07, 6.45) is 8.00. The molecule has 3 fully saturated rings. The summed E-state index contributed by atoms with van der Waals surface area (Å²) in [6, 6.07) is 3.96. The average Bonchev–Trinajstić information content (AvgIpc) is 3.54. The van der Waals surface area contributed by atoms with E-state index in [1.54, 1.807) is 13.3 Å². The molecule has 1 aromatic heterocycles. The standard InChI is InChI=1S/C36H50N4O5S/c1-21-20-37-34(46-21)38-30(41)10-8-23-18-29(39-44-6)36(5)12-11-24-25(31(23)36)9-7-22-17-27(28(19-26(22)24)35(2,3)4)32(33(42)43)40-13-15-45-16-14-40/h17,19-20,23-25,31-32H,7-16,18H2,1-6H3,(H,42,43)(H,37,38,41)/b39-29+/t23-,24?,25?,31?,32?,36-/m1/s1. The summed E-state index contributed by atoms with van der Waals surface area (Å²) in [5.41, 5.74) is 5.67. The normalized spacial score (nSPS) is 29.5. The number of rotatable bonds is 8. The van der Waals surface area contributed by atoms with Crippen LogP contribution < -0.4 is 5.32 Å². The molecule has 0 spiro atoms. The van der Waals surface area contributed by atoms with Crippen molar-refractivity contribution in [2.24, 2.45) is 28.3 Å². The maximum Gasteiger partial charge on any atom is 0.325 e. The molecule has 1 saturated heterocycles. The molecule has 0 bridgehead atoms. The average molecular weight is 651 g/mol. The Bertz CT molecular complexity index is 1490. The summed E-state index contributed by atoms with van der Waals surface area (Å²) in [7, 11) is 1.64. The highest BCUT2D eigenvalue weighted by Crippen LogP contribution is 2.63. The topological polar surface area (TPSA) is 113 Å². The molecule has 3 aliphatic carbocycles. The van der Waals surface area contributed by atoms with Crippen LogP contribution in [0.15, 0.2) is 23.5 Å². The molecule has 10 heteroatoms. The number of oxime groups is 1. The highest BCUT2D eigenvalue weighted by molar-refractivity contribution is 7.15. The van der Waals surface area contributed by atoms with E-state index in [9.17, 15) is 14.7 Å². The molecule has 0 radical (unpaired) electrons. The zero-order valence-corrected chi connectivity index (χ0v) is 29.0. The van der Waals surface area contributed by atoms with Crippen LogP contribution in [0.4, 0.5) is 5.13 Å². The summed E-state index contributed by atoms with van der Waals surface area (Å²) >= 11 is 1.50. The molecule has 9 nitrogen and oxygen atoms in total. The molecule has 4 unspecified atom stereocenters. The van der Waals surface area contributed by atoms with Gasteiger partial charge in [0.15, 0.2) is 5.13 Å². The number of benzene rings is 1. The van der Waals surface area contributed by atoms with Crippen LogP contribution in [0.25, 0.3) is 0 Å². The first-order chi connectivity index (χ1) is 21.9. The van der Waals surface area contributed by atoms with E-state index in [0.29, 0.717) is 61.5 Å². The van der Waals surface area contributed by atoms with Gasteiger partial charge >= 0.3 is 5.97 Å². The Balaban J connectivity index is 1.31. The Morgan fingerprint density at radius 3 is 2.67 bits per heavy atom. The van der Waals surface area contributed by atoms with Crippen LogP contribution in [0.3, 0.4) is 0 Å². The van der Waals surface area contributed by atoms with Crippen LogP contribution in [0.2, 0.25) is 0 Å². The van der Waals surface area contributed by atoms with Crippen molar-refractivity contribution in [2.75, 3.05) is 38.7 Å². The lowest BCUT2D eigenvalue weighted by Gasteiger charge is -2.51. The molecule has 250 valence electrons. The molecular formula is C36H50N4O5S. The number of anilines is 1. The third-order valence-corrected chi connectivity index (χ3v) is 12.2. The van der Waals surface area contributed by atoms with Crippen molar-refractivity contribution in [3.8, 4) is 0 Å². The van der Waals surface area contributed by atoms with Crippen LogP contribution in [0, 0.1) is 30.1 Å². The fraction of sp³-hybridized carbons (Fsp3) is 0.667. The number of carboxylic acids is 1. The van der Waals surface area contributed by atoms with Crippen LogP contribution in [0.1, 0.15) is 105 Å².